The van der Waals surface area contributed by atoms with Crippen LogP contribution < -0.4 is 16.0 Å². The van der Waals surface area contributed by atoms with Gasteiger partial charge in [-0.3, -0.25) is 5.01 Å². The molecule has 3 heteroatoms. The number of anilines is 1. The van der Waals surface area contributed by atoms with Gasteiger partial charge in [0, 0.05) is 6.20 Å². The van der Waals surface area contributed by atoms with Crippen molar-refractivity contribution in [2.45, 2.75) is 40.0 Å². The molecule has 1 heterocycles. The molecule has 2 N–H and O–H groups in total. The molecule has 0 atom stereocenters. The maximum Gasteiger partial charge on any atom is 0.0836 e. The van der Waals surface area contributed by atoms with Crippen molar-refractivity contribution in [1.29, 1.82) is 0 Å². The third-order valence-corrected chi connectivity index (χ3v) is 5.43. The molecule has 0 bridgehead atoms. The summed E-state index contributed by atoms with van der Waals surface area (Å²) in [5.74, 6) is 0.673. The van der Waals surface area contributed by atoms with Gasteiger partial charge in [-0.15, -0.1) is 5.53 Å². The van der Waals surface area contributed by atoms with Crippen molar-refractivity contribution in [2.75, 3.05) is 5.01 Å². The molecule has 1 fully saturated rings. The molecule has 0 spiro atoms. The highest BCUT2D eigenvalue weighted by Crippen LogP contribution is 2.44. The number of nitrogens with zero attached hydrogens (tertiary/aromatic N) is 1. The Morgan fingerprint density at radius 1 is 1.18 bits per heavy atom. The SMILES string of the molecule is C=C(C)/C=C(\c1cc(N2NNC=C2C2=CCC=C(C)C=C2)ccc1C)C1CC1. The van der Waals surface area contributed by atoms with E-state index in [4.69, 9.17) is 0 Å². The minimum absolute atomic E-state index is 0.673. The topological polar surface area (TPSA) is 27.3 Å². The van der Waals surface area contributed by atoms with E-state index in [9.17, 15) is 0 Å². The number of hydrazine groups is 2. The highest BCUT2D eigenvalue weighted by atomic mass is 15.7. The van der Waals surface area contributed by atoms with E-state index in [1.54, 1.807) is 0 Å². The third kappa shape index (κ3) is 3.90. The molecule has 0 unspecified atom stereocenters. The van der Waals surface area contributed by atoms with Crippen LogP contribution in [0.4, 0.5) is 5.69 Å². The summed E-state index contributed by atoms with van der Waals surface area (Å²) in [5.41, 5.74) is 16.4. The smallest absolute Gasteiger partial charge is 0.0836 e. The average Bonchev–Trinajstić information content (AvgIpc) is 3.43. The van der Waals surface area contributed by atoms with Gasteiger partial charge in [0.1, 0.15) is 0 Å². The highest BCUT2D eigenvalue weighted by molar-refractivity contribution is 5.77. The first kappa shape index (κ1) is 18.6. The molecule has 4 rings (SSSR count). The standard InChI is InChI=1S/C25H29N3/c1-17(2)14-24(20-11-12-20)23-15-22(13-9-19(23)4)28-25(16-26-27-28)21-7-5-6-18(3)8-10-21/h6-10,13-16,20,26-27H,1,5,11-12H2,2-4H3/b24-14-. The van der Waals surface area contributed by atoms with E-state index in [0.717, 1.165) is 23.4 Å². The highest BCUT2D eigenvalue weighted by Gasteiger charge is 2.28. The molecule has 1 aliphatic heterocycles. The molecular weight excluding hydrogens is 342 g/mol. The van der Waals surface area contributed by atoms with E-state index in [2.05, 4.69) is 91.9 Å². The maximum absolute atomic E-state index is 4.11. The molecule has 2 aliphatic carbocycles. The summed E-state index contributed by atoms with van der Waals surface area (Å²) in [6.45, 7) is 10.5. The molecule has 0 saturated heterocycles. The molecule has 0 aromatic heterocycles. The first-order chi connectivity index (χ1) is 13.5. The van der Waals surface area contributed by atoms with Crippen LogP contribution in [0.25, 0.3) is 5.57 Å². The summed E-state index contributed by atoms with van der Waals surface area (Å²) in [6.07, 6.45) is 16.7. The Balaban J connectivity index is 1.68. The Morgan fingerprint density at radius 2 is 2.00 bits per heavy atom. The zero-order chi connectivity index (χ0) is 19.7. The Bertz CT molecular complexity index is 952. The number of nitrogens with one attached hydrogen (secondary N) is 2. The molecular formula is C25H29N3. The second kappa shape index (κ2) is 7.69. The lowest BCUT2D eigenvalue weighted by Gasteiger charge is -2.24. The monoisotopic (exact) mass is 371 g/mol. The summed E-state index contributed by atoms with van der Waals surface area (Å²) >= 11 is 0. The van der Waals surface area contributed by atoms with Crippen molar-refractivity contribution in [3.63, 3.8) is 0 Å². The molecule has 28 heavy (non-hydrogen) atoms. The van der Waals surface area contributed by atoms with E-state index in [0.29, 0.717) is 5.92 Å². The lowest BCUT2D eigenvalue weighted by atomic mass is 9.94. The number of allylic oxidation sites excluding steroid dienone is 8. The number of hydrogen-bond donors (Lipinski definition) is 2. The number of benzene rings is 1. The van der Waals surface area contributed by atoms with Gasteiger partial charge in [0.05, 0.1) is 11.4 Å². The van der Waals surface area contributed by atoms with Crippen molar-refractivity contribution in [3.05, 3.63) is 94.9 Å². The summed E-state index contributed by atoms with van der Waals surface area (Å²) in [6, 6.07) is 6.71. The lowest BCUT2D eigenvalue weighted by Crippen LogP contribution is -2.37. The van der Waals surface area contributed by atoms with E-state index in [1.807, 2.05) is 6.20 Å². The third-order valence-electron chi connectivity index (χ3n) is 5.43. The van der Waals surface area contributed by atoms with Crippen molar-refractivity contribution < 1.29 is 0 Å². The van der Waals surface area contributed by atoms with Crippen LogP contribution in [0.3, 0.4) is 0 Å². The largest absolute Gasteiger partial charge is 0.309 e. The van der Waals surface area contributed by atoms with Crippen LogP contribution in [0.15, 0.2) is 83.8 Å². The Labute approximate surface area is 168 Å². The fourth-order valence-corrected chi connectivity index (χ4v) is 3.76. The first-order valence-corrected chi connectivity index (χ1v) is 10.1. The van der Waals surface area contributed by atoms with Gasteiger partial charge in [0.25, 0.3) is 0 Å². The van der Waals surface area contributed by atoms with E-state index in [-0.39, 0.29) is 0 Å². The van der Waals surface area contributed by atoms with Gasteiger partial charge < -0.3 is 5.43 Å². The van der Waals surface area contributed by atoms with E-state index < -0.39 is 0 Å². The van der Waals surface area contributed by atoms with Crippen LogP contribution in [0, 0.1) is 12.8 Å². The predicted octanol–water partition coefficient (Wildman–Crippen LogP) is 5.87. The van der Waals surface area contributed by atoms with Crippen LogP contribution in [0.1, 0.15) is 44.2 Å². The van der Waals surface area contributed by atoms with Gasteiger partial charge in [-0.25, -0.2) is 0 Å². The van der Waals surface area contributed by atoms with Crippen LogP contribution >= 0.6 is 0 Å². The van der Waals surface area contributed by atoms with Gasteiger partial charge in [-0.05, 0) is 80.4 Å². The summed E-state index contributed by atoms with van der Waals surface area (Å²) in [5, 5.41) is 2.13. The Morgan fingerprint density at radius 3 is 2.75 bits per heavy atom. The van der Waals surface area contributed by atoms with Gasteiger partial charge in [-0.1, -0.05) is 54.2 Å². The van der Waals surface area contributed by atoms with Crippen molar-refractivity contribution >= 4 is 11.3 Å². The summed E-state index contributed by atoms with van der Waals surface area (Å²) in [4.78, 5) is 0. The predicted molar refractivity (Wildman–Crippen MR) is 119 cm³/mol. The normalized spacial score (nSPS) is 19.6. The molecule has 0 radical (unpaired) electrons. The molecule has 1 saturated carbocycles. The van der Waals surface area contributed by atoms with Gasteiger partial charge in [0.2, 0.25) is 0 Å². The lowest BCUT2D eigenvalue weighted by molar-refractivity contribution is 0.673. The summed E-state index contributed by atoms with van der Waals surface area (Å²) < 4.78 is 0. The molecule has 3 aliphatic rings. The van der Waals surface area contributed by atoms with Crippen molar-refractivity contribution in [3.8, 4) is 0 Å². The Hall–Kier alpha value is -2.78. The molecule has 1 aromatic rings. The van der Waals surface area contributed by atoms with Crippen molar-refractivity contribution in [2.24, 2.45) is 5.92 Å². The van der Waals surface area contributed by atoms with Crippen LogP contribution in [0.5, 0.6) is 0 Å². The fraction of sp³-hybridized carbons (Fsp3) is 0.280. The molecule has 1 aromatic carbocycles. The maximum atomic E-state index is 4.11. The number of aryl methyl sites for hydroxylation is 1. The average molecular weight is 372 g/mol. The first-order valence-electron chi connectivity index (χ1n) is 10.1. The van der Waals surface area contributed by atoms with Gasteiger partial charge in [-0.2, -0.15) is 0 Å². The van der Waals surface area contributed by atoms with Crippen LogP contribution in [-0.4, -0.2) is 0 Å². The molecule has 0 amide bonds. The fourth-order valence-electron chi connectivity index (χ4n) is 3.76. The van der Waals surface area contributed by atoms with E-state index in [1.165, 1.54) is 40.7 Å². The molecule has 144 valence electrons. The van der Waals surface area contributed by atoms with Crippen LogP contribution in [-0.2, 0) is 0 Å². The zero-order valence-corrected chi connectivity index (χ0v) is 17.0. The van der Waals surface area contributed by atoms with Gasteiger partial charge in [0.15, 0.2) is 0 Å². The van der Waals surface area contributed by atoms with Crippen LogP contribution in [0.2, 0.25) is 0 Å². The molecule has 3 nitrogen and oxygen atoms in total. The summed E-state index contributed by atoms with van der Waals surface area (Å²) in [7, 11) is 0. The van der Waals surface area contributed by atoms with E-state index >= 15 is 0 Å². The Kier molecular flexibility index (Phi) is 5.10. The second-order valence-electron chi connectivity index (χ2n) is 8.02. The number of hydrogen-bond acceptors (Lipinski definition) is 3. The second-order valence-corrected chi connectivity index (χ2v) is 8.02. The number of rotatable bonds is 5. The zero-order valence-electron chi connectivity index (χ0n) is 17.0. The quantitative estimate of drug-likeness (QED) is 0.634. The van der Waals surface area contributed by atoms with Gasteiger partial charge >= 0.3 is 0 Å². The minimum atomic E-state index is 0.673. The van der Waals surface area contributed by atoms with Crippen molar-refractivity contribution in [1.82, 2.24) is 11.0 Å². The minimum Gasteiger partial charge on any atom is -0.309 e.